The number of quaternary nitrogens is 1. The Labute approximate surface area is 461 Å². The fourth-order valence-corrected chi connectivity index (χ4v) is 8.51. The number of carbonyl (C=O) groups excluding carboxylic acids is 2. The second-order valence-corrected chi connectivity index (χ2v) is 22.2. The third kappa shape index (κ3) is 55.0. The Morgan fingerprint density at radius 3 is 1.33 bits per heavy atom. The lowest BCUT2D eigenvalue weighted by atomic mass is 10.0. The third-order valence-electron chi connectivity index (χ3n) is 12.4. The molecule has 0 aromatic heterocycles. The van der Waals surface area contributed by atoms with Crippen molar-refractivity contribution in [1.29, 1.82) is 0 Å². The molecule has 0 aliphatic heterocycles. The van der Waals surface area contributed by atoms with Crippen molar-refractivity contribution in [2.45, 2.75) is 238 Å². The Hall–Kier alpha value is -3.59. The minimum absolute atomic E-state index is 0.0445. The van der Waals surface area contributed by atoms with Crippen LogP contribution in [0.5, 0.6) is 0 Å². The van der Waals surface area contributed by atoms with Gasteiger partial charge in [-0.3, -0.25) is 14.2 Å². The summed E-state index contributed by atoms with van der Waals surface area (Å²) in [7, 11) is 1.11. The molecule has 3 atom stereocenters. The smallest absolute Gasteiger partial charge is 0.306 e. The van der Waals surface area contributed by atoms with E-state index in [4.69, 9.17) is 13.8 Å². The average Bonchev–Trinajstić information content (AvgIpc) is 3.37. The summed E-state index contributed by atoms with van der Waals surface area (Å²) < 4.78 is 30.2. The SMILES string of the molecule is CC/C=C\C/C=C\C/C=C\C/C=C\C/C=C\C/C=C\CCC(=O)OC(/C=C/CCCCCCCCCCCCC)C(COP(=O)([O-])OCC[N+](C)(C)C)NC(=O)CCCCCC/C=C\C/C=C\C/C=C\CCCCC. The van der Waals surface area contributed by atoms with Crippen molar-refractivity contribution in [3.8, 4) is 0 Å². The van der Waals surface area contributed by atoms with Gasteiger partial charge in [-0.2, -0.15) is 0 Å². The molecule has 1 N–H and O–H groups in total. The summed E-state index contributed by atoms with van der Waals surface area (Å²) in [6.07, 6.45) is 74.6. The van der Waals surface area contributed by atoms with Gasteiger partial charge in [0.2, 0.25) is 5.91 Å². The molecule has 0 aromatic carbocycles. The highest BCUT2D eigenvalue weighted by atomic mass is 31.2. The van der Waals surface area contributed by atoms with E-state index in [1.165, 1.54) is 83.5 Å². The number of esters is 1. The van der Waals surface area contributed by atoms with E-state index in [1.54, 1.807) is 6.08 Å². The Bertz CT molecular complexity index is 1700. The van der Waals surface area contributed by atoms with Gasteiger partial charge in [-0.15, -0.1) is 0 Å². The maximum absolute atomic E-state index is 13.5. The highest BCUT2D eigenvalue weighted by Crippen LogP contribution is 2.38. The van der Waals surface area contributed by atoms with Crippen LogP contribution in [0.2, 0.25) is 0 Å². The minimum Gasteiger partial charge on any atom is -0.756 e. The fraction of sp³-hybridized carbons (Fsp3) is 0.662. The summed E-state index contributed by atoms with van der Waals surface area (Å²) in [6.45, 7) is 6.61. The van der Waals surface area contributed by atoms with E-state index >= 15 is 0 Å². The van der Waals surface area contributed by atoms with Gasteiger partial charge in [0.05, 0.1) is 33.8 Å². The lowest BCUT2D eigenvalue weighted by Crippen LogP contribution is -2.47. The van der Waals surface area contributed by atoms with E-state index in [-0.39, 0.29) is 25.4 Å². The number of hydrogen-bond acceptors (Lipinski definition) is 7. The van der Waals surface area contributed by atoms with E-state index in [2.05, 4.69) is 123 Å². The van der Waals surface area contributed by atoms with Gasteiger partial charge in [-0.25, -0.2) is 0 Å². The molecule has 0 aromatic rings. The highest BCUT2D eigenvalue weighted by molar-refractivity contribution is 7.45. The predicted molar refractivity (Wildman–Crippen MR) is 320 cm³/mol. The maximum atomic E-state index is 13.5. The normalized spacial score (nSPS) is 14.6. The second-order valence-electron chi connectivity index (χ2n) is 20.8. The summed E-state index contributed by atoms with van der Waals surface area (Å²) in [5, 5.41) is 2.99. The number of nitrogens with one attached hydrogen (secondary N) is 1. The van der Waals surface area contributed by atoms with E-state index < -0.39 is 32.5 Å². The van der Waals surface area contributed by atoms with Gasteiger partial charge < -0.3 is 28.5 Å². The highest BCUT2D eigenvalue weighted by Gasteiger charge is 2.27. The Kier molecular flexibility index (Phi) is 51.2. The number of amides is 1. The molecule has 3 unspecified atom stereocenters. The van der Waals surface area contributed by atoms with Crippen LogP contribution in [0.3, 0.4) is 0 Å². The molecule has 1 amide bonds. The molecule has 0 fully saturated rings. The summed E-state index contributed by atoms with van der Waals surface area (Å²) >= 11 is 0. The molecule has 0 rings (SSSR count). The van der Waals surface area contributed by atoms with Crippen LogP contribution in [0.4, 0.5) is 0 Å². The molecule has 0 radical (unpaired) electrons. The van der Waals surface area contributed by atoms with E-state index in [9.17, 15) is 19.0 Å². The van der Waals surface area contributed by atoms with E-state index in [0.717, 1.165) is 96.3 Å². The first kappa shape index (κ1) is 71.4. The lowest BCUT2D eigenvalue weighted by molar-refractivity contribution is -0.870. The molecule has 0 saturated heterocycles. The van der Waals surface area contributed by atoms with Crippen LogP contribution >= 0.6 is 7.82 Å². The number of likely N-dealkylation sites (N-methyl/N-ethyl adjacent to an activating group) is 1. The van der Waals surface area contributed by atoms with Crippen LogP contribution in [0.15, 0.2) is 122 Å². The van der Waals surface area contributed by atoms with Gasteiger partial charge in [0, 0.05) is 12.8 Å². The fourth-order valence-electron chi connectivity index (χ4n) is 7.79. The minimum atomic E-state index is -4.73. The van der Waals surface area contributed by atoms with Crippen LogP contribution < -0.4 is 10.2 Å². The lowest BCUT2D eigenvalue weighted by Gasteiger charge is -2.30. The van der Waals surface area contributed by atoms with Crippen molar-refractivity contribution in [2.75, 3.05) is 40.9 Å². The molecule has 0 saturated carbocycles. The summed E-state index contributed by atoms with van der Waals surface area (Å²) in [5.41, 5.74) is 0. The van der Waals surface area contributed by atoms with Crippen LogP contribution in [-0.2, 0) is 27.9 Å². The number of ether oxygens (including phenoxy) is 1. The number of rotatable bonds is 52. The van der Waals surface area contributed by atoms with Gasteiger partial charge in [0.15, 0.2) is 0 Å². The molecule has 10 heteroatoms. The summed E-state index contributed by atoms with van der Waals surface area (Å²) in [5.74, 6) is -0.673. The summed E-state index contributed by atoms with van der Waals surface area (Å²) in [6, 6.07) is -0.939. The van der Waals surface area contributed by atoms with Crippen LogP contribution in [-0.4, -0.2) is 69.4 Å². The second kappa shape index (κ2) is 53.8. The first-order valence-corrected chi connectivity index (χ1v) is 31.3. The van der Waals surface area contributed by atoms with E-state index in [1.807, 2.05) is 39.4 Å². The number of phosphoric ester groups is 1. The zero-order chi connectivity index (χ0) is 55.0. The number of hydrogen-bond donors (Lipinski definition) is 1. The van der Waals surface area contributed by atoms with Gasteiger partial charge in [-0.1, -0.05) is 226 Å². The summed E-state index contributed by atoms with van der Waals surface area (Å²) in [4.78, 5) is 39.9. The standard InChI is InChI=1S/C65H111N2O7P/c1-7-10-13-16-19-22-25-28-30-32-33-35-37-40-43-46-49-52-55-58-65(69)74-63(56-53-50-47-44-41-38-27-24-21-18-15-12-9-3)62(61-73-75(70,71)72-60-59-67(4,5)6)66-64(68)57-54-51-48-45-42-39-36-34-31-29-26-23-20-17-14-11-8-2/h10,13,19-20,22-23,28-31,33,35-36,39-40,43,49,52-53,56,62-63H,7-9,11-12,14-18,21,24-27,32,34,37-38,41-42,44-48,50-51,54-55,57-61H2,1-6H3,(H-,66,68,70,71)/b13-10-,22-19-,23-20-,30-28-,31-29-,35-33-,39-36-,43-40-,52-49-,56-53+. The van der Waals surface area contributed by atoms with Crippen molar-refractivity contribution in [1.82, 2.24) is 5.32 Å². The molecule has 0 aliphatic rings. The third-order valence-corrected chi connectivity index (χ3v) is 13.4. The molecular formula is C65H111N2O7P. The van der Waals surface area contributed by atoms with Gasteiger partial charge >= 0.3 is 5.97 Å². The molecule has 75 heavy (non-hydrogen) atoms. The Morgan fingerprint density at radius 1 is 0.480 bits per heavy atom. The zero-order valence-corrected chi connectivity index (χ0v) is 49.6. The topological polar surface area (TPSA) is 114 Å². The van der Waals surface area contributed by atoms with Gasteiger partial charge in [-0.05, 0) is 109 Å². The number of nitrogens with zero attached hydrogens (tertiary/aromatic N) is 1. The maximum Gasteiger partial charge on any atom is 0.306 e. The largest absolute Gasteiger partial charge is 0.756 e. The van der Waals surface area contributed by atoms with Gasteiger partial charge in [0.1, 0.15) is 19.3 Å². The van der Waals surface area contributed by atoms with Crippen LogP contribution in [0.1, 0.15) is 226 Å². The van der Waals surface area contributed by atoms with Crippen molar-refractivity contribution >= 4 is 19.7 Å². The van der Waals surface area contributed by atoms with Crippen molar-refractivity contribution in [2.24, 2.45) is 0 Å². The van der Waals surface area contributed by atoms with Crippen molar-refractivity contribution in [3.63, 3.8) is 0 Å². The van der Waals surface area contributed by atoms with E-state index in [0.29, 0.717) is 23.9 Å². The Morgan fingerprint density at radius 2 is 0.867 bits per heavy atom. The van der Waals surface area contributed by atoms with Gasteiger partial charge in [0.25, 0.3) is 7.82 Å². The quantitative estimate of drug-likeness (QED) is 0.0212. The van der Waals surface area contributed by atoms with Crippen molar-refractivity contribution in [3.05, 3.63) is 122 Å². The molecule has 0 aliphatic carbocycles. The van der Waals surface area contributed by atoms with Crippen LogP contribution in [0.25, 0.3) is 0 Å². The van der Waals surface area contributed by atoms with Crippen LogP contribution in [0, 0.1) is 0 Å². The number of allylic oxidation sites excluding steroid dienone is 19. The molecule has 9 nitrogen and oxygen atoms in total. The molecule has 428 valence electrons. The molecule has 0 heterocycles. The number of carbonyl (C=O) groups is 2. The molecule has 0 bridgehead atoms. The predicted octanol–water partition coefficient (Wildman–Crippen LogP) is 17.7. The zero-order valence-electron chi connectivity index (χ0n) is 48.7. The number of unbranched alkanes of at least 4 members (excludes halogenated alkanes) is 18. The monoisotopic (exact) mass is 1060 g/mol. The average molecular weight is 1060 g/mol. The molecular weight excluding hydrogens is 952 g/mol. The molecule has 0 spiro atoms. The number of phosphoric acid groups is 1. The Balaban J connectivity index is 5.51. The van der Waals surface area contributed by atoms with Crippen molar-refractivity contribution < 1.29 is 37.3 Å². The first-order chi connectivity index (χ1) is 36.4. The first-order valence-electron chi connectivity index (χ1n) is 29.8.